The highest BCUT2D eigenvalue weighted by molar-refractivity contribution is 6.05. The summed E-state index contributed by atoms with van der Waals surface area (Å²) in [5.74, 6) is -2.41. The summed E-state index contributed by atoms with van der Waals surface area (Å²) in [7, 11) is 0. The summed E-state index contributed by atoms with van der Waals surface area (Å²) in [5, 5.41) is 9.22. The van der Waals surface area contributed by atoms with E-state index in [1.807, 2.05) is 31.2 Å². The number of likely N-dealkylation sites (tertiary alicyclic amines) is 1. The molecule has 0 aromatic heterocycles. The number of carbonyl (C=O) groups excluding carboxylic acids is 3. The number of unbranched alkanes of at least 4 members (excludes halogenated alkanes) is 3. The first-order valence-electron chi connectivity index (χ1n) is 16.4. The average molecular weight is 610 g/mol. The Morgan fingerprint density at radius 1 is 1.05 bits per heavy atom. The van der Waals surface area contributed by atoms with Crippen LogP contribution in [0.15, 0.2) is 49.6 Å². The molecule has 2 unspecified atom stereocenters. The van der Waals surface area contributed by atoms with Crippen LogP contribution in [-0.4, -0.2) is 84.4 Å². The number of rotatable bonds is 18. The third-order valence-corrected chi connectivity index (χ3v) is 9.91. The van der Waals surface area contributed by atoms with E-state index < -0.39 is 35.0 Å². The quantitative estimate of drug-likeness (QED) is 0.144. The van der Waals surface area contributed by atoms with Gasteiger partial charge in [-0.2, -0.15) is 0 Å². The van der Waals surface area contributed by atoms with Crippen molar-refractivity contribution in [2.45, 2.75) is 89.4 Å². The van der Waals surface area contributed by atoms with Gasteiger partial charge in [0.05, 0.1) is 18.1 Å². The lowest BCUT2D eigenvalue weighted by Gasteiger charge is -2.37. The molecule has 0 aliphatic carbocycles. The van der Waals surface area contributed by atoms with Gasteiger partial charge in [0.25, 0.3) is 5.91 Å². The molecule has 2 bridgehead atoms. The number of fused-ring (bicyclic) bond motifs is 1. The van der Waals surface area contributed by atoms with Gasteiger partial charge in [-0.3, -0.25) is 14.4 Å². The van der Waals surface area contributed by atoms with Gasteiger partial charge in [0.2, 0.25) is 5.91 Å². The Morgan fingerprint density at radius 3 is 2.34 bits per heavy atom. The highest BCUT2D eigenvalue weighted by atomic mass is 16.6. The molecular formula is C35H51N3O6. The number of anilines is 2. The first-order valence-corrected chi connectivity index (χ1v) is 16.4. The monoisotopic (exact) mass is 609 g/mol. The van der Waals surface area contributed by atoms with E-state index in [0.29, 0.717) is 45.1 Å². The van der Waals surface area contributed by atoms with Crippen molar-refractivity contribution in [1.82, 2.24) is 4.90 Å². The Morgan fingerprint density at radius 2 is 1.73 bits per heavy atom. The second kappa shape index (κ2) is 14.7. The summed E-state index contributed by atoms with van der Waals surface area (Å²) in [5.41, 5.74) is -0.159. The van der Waals surface area contributed by atoms with Crippen molar-refractivity contribution < 1.29 is 29.0 Å². The van der Waals surface area contributed by atoms with Gasteiger partial charge in [0.15, 0.2) is 0 Å². The van der Waals surface area contributed by atoms with E-state index in [0.717, 1.165) is 37.3 Å². The zero-order valence-electron chi connectivity index (χ0n) is 26.8. The summed E-state index contributed by atoms with van der Waals surface area (Å²) in [6, 6.07) is 7.05. The number of amides is 2. The van der Waals surface area contributed by atoms with Crippen LogP contribution in [0, 0.1) is 11.8 Å². The molecule has 3 heterocycles. The van der Waals surface area contributed by atoms with Crippen LogP contribution < -0.4 is 9.80 Å². The Labute approximate surface area is 262 Å². The third-order valence-electron chi connectivity index (χ3n) is 9.91. The number of benzene rings is 1. The molecule has 3 saturated heterocycles. The van der Waals surface area contributed by atoms with Gasteiger partial charge in [0.1, 0.15) is 17.6 Å². The fourth-order valence-electron chi connectivity index (χ4n) is 7.71. The maximum absolute atomic E-state index is 14.8. The molecule has 9 nitrogen and oxygen atoms in total. The Hall–Kier alpha value is -3.17. The molecule has 3 aliphatic heterocycles. The molecule has 1 aromatic carbocycles. The van der Waals surface area contributed by atoms with Crippen molar-refractivity contribution in [3.8, 4) is 0 Å². The van der Waals surface area contributed by atoms with Gasteiger partial charge in [0, 0.05) is 44.2 Å². The van der Waals surface area contributed by atoms with Crippen molar-refractivity contribution in [2.75, 3.05) is 49.2 Å². The molecule has 4 rings (SSSR count). The van der Waals surface area contributed by atoms with E-state index in [1.54, 1.807) is 22.0 Å². The molecule has 1 aromatic rings. The van der Waals surface area contributed by atoms with Gasteiger partial charge in [-0.1, -0.05) is 31.9 Å². The van der Waals surface area contributed by atoms with E-state index in [4.69, 9.17) is 9.47 Å². The number of carbonyl (C=O) groups is 3. The SMILES string of the molecule is C=CCCOC(=O)[C@H]1[C@H]2C(=O)N(CCCCCCO)C(C(=O)N(CC=C)c3ccc(N(CC)CC)cc3)C23CC[C@]1(CC)O3. The molecule has 9 heteroatoms. The van der Waals surface area contributed by atoms with Crippen LogP contribution in [0.5, 0.6) is 0 Å². The van der Waals surface area contributed by atoms with Crippen LogP contribution in [-0.2, 0) is 23.9 Å². The predicted molar refractivity (Wildman–Crippen MR) is 172 cm³/mol. The van der Waals surface area contributed by atoms with E-state index in [1.165, 1.54) is 0 Å². The summed E-state index contributed by atoms with van der Waals surface area (Å²) >= 11 is 0. The smallest absolute Gasteiger partial charge is 0.312 e. The number of ether oxygens (including phenoxy) is 2. The van der Waals surface area contributed by atoms with Gasteiger partial charge in [-0.05, 0) is 76.6 Å². The fourth-order valence-corrected chi connectivity index (χ4v) is 7.71. The number of esters is 1. The van der Waals surface area contributed by atoms with E-state index in [9.17, 15) is 19.5 Å². The van der Waals surface area contributed by atoms with Crippen LogP contribution in [0.3, 0.4) is 0 Å². The largest absolute Gasteiger partial charge is 0.465 e. The van der Waals surface area contributed by atoms with Crippen LogP contribution in [0.1, 0.15) is 72.1 Å². The Balaban J connectivity index is 1.72. The third kappa shape index (κ3) is 6.05. The Kier molecular flexibility index (Phi) is 11.3. The van der Waals surface area contributed by atoms with Crippen molar-refractivity contribution >= 4 is 29.2 Å². The normalized spacial score (nSPS) is 26.9. The second-order valence-electron chi connectivity index (χ2n) is 12.2. The molecule has 242 valence electrons. The molecule has 1 N–H and O–H groups in total. The predicted octanol–water partition coefficient (Wildman–Crippen LogP) is 4.88. The van der Waals surface area contributed by atoms with Crippen LogP contribution in [0.4, 0.5) is 11.4 Å². The number of nitrogens with zero attached hydrogens (tertiary/aromatic N) is 3. The Bertz CT molecular complexity index is 1180. The average Bonchev–Trinajstić information content (AvgIpc) is 3.64. The van der Waals surface area contributed by atoms with Crippen molar-refractivity contribution in [3.63, 3.8) is 0 Å². The molecule has 0 saturated carbocycles. The summed E-state index contributed by atoms with van der Waals surface area (Å²) in [6.07, 6.45) is 8.60. The minimum absolute atomic E-state index is 0.126. The van der Waals surface area contributed by atoms with Crippen molar-refractivity contribution in [3.05, 3.63) is 49.6 Å². The summed E-state index contributed by atoms with van der Waals surface area (Å²) < 4.78 is 12.5. The van der Waals surface area contributed by atoms with Gasteiger partial charge < -0.3 is 29.3 Å². The second-order valence-corrected chi connectivity index (χ2v) is 12.2. The van der Waals surface area contributed by atoms with Gasteiger partial charge >= 0.3 is 5.97 Å². The van der Waals surface area contributed by atoms with Crippen molar-refractivity contribution in [2.24, 2.45) is 11.8 Å². The number of hydrogen-bond donors (Lipinski definition) is 1. The summed E-state index contributed by atoms with van der Waals surface area (Å²) in [4.78, 5) is 48.4. The minimum atomic E-state index is -1.11. The molecule has 2 amide bonds. The highest BCUT2D eigenvalue weighted by Crippen LogP contribution is 2.64. The van der Waals surface area contributed by atoms with E-state index in [-0.39, 0.29) is 31.6 Å². The molecule has 5 atom stereocenters. The molecule has 3 fully saturated rings. The molecule has 44 heavy (non-hydrogen) atoms. The van der Waals surface area contributed by atoms with Crippen LogP contribution in [0.2, 0.25) is 0 Å². The lowest BCUT2D eigenvalue weighted by Crippen LogP contribution is -2.56. The number of aliphatic hydroxyl groups excluding tert-OH is 1. The lowest BCUT2D eigenvalue weighted by molar-refractivity contribution is -0.160. The molecular weight excluding hydrogens is 558 g/mol. The van der Waals surface area contributed by atoms with Gasteiger partial charge in [-0.25, -0.2) is 0 Å². The van der Waals surface area contributed by atoms with E-state index in [2.05, 4.69) is 31.9 Å². The van der Waals surface area contributed by atoms with Gasteiger partial charge in [-0.15, -0.1) is 13.2 Å². The highest BCUT2D eigenvalue weighted by Gasteiger charge is 2.79. The number of aliphatic hydroxyl groups is 1. The molecule has 1 spiro atoms. The van der Waals surface area contributed by atoms with Crippen molar-refractivity contribution in [1.29, 1.82) is 0 Å². The van der Waals surface area contributed by atoms with E-state index >= 15 is 0 Å². The van der Waals surface area contributed by atoms with Crippen LogP contribution in [0.25, 0.3) is 0 Å². The first kappa shape index (κ1) is 33.7. The zero-order valence-corrected chi connectivity index (χ0v) is 26.8. The zero-order chi connectivity index (χ0) is 31.9. The maximum Gasteiger partial charge on any atom is 0.312 e. The fraction of sp³-hybridized carbons (Fsp3) is 0.629. The maximum atomic E-state index is 14.8. The topological polar surface area (TPSA) is 99.6 Å². The first-order chi connectivity index (χ1) is 21.3. The standard InChI is InChI=1S/C35H51N3O6/c1-6-11-25-43-33(42)29-28-31(40)38(23-14-12-13-15-24-39)30(35(28)21-20-34(29,8-3)44-35)32(41)37(22-7-2)27-18-16-26(17-19-27)36(9-4)10-5/h6-7,16-19,28-30,39H,1-2,8-15,20-25H2,3-5H3/t28-,29+,30?,34-,35?/m0/s1. The minimum Gasteiger partial charge on any atom is -0.465 e. The summed E-state index contributed by atoms with van der Waals surface area (Å²) in [6.45, 7) is 16.5. The lowest BCUT2D eigenvalue weighted by atomic mass is 9.65. The molecule has 0 radical (unpaired) electrons. The number of hydrogen-bond acceptors (Lipinski definition) is 7. The van der Waals surface area contributed by atoms with Crippen LogP contribution >= 0.6 is 0 Å². The molecule has 3 aliphatic rings.